The maximum absolute atomic E-state index is 12.7. The van der Waals surface area contributed by atoms with Crippen molar-refractivity contribution < 1.29 is 24.9 Å². The van der Waals surface area contributed by atoms with Gasteiger partial charge in [-0.05, 0) is 49.2 Å². The first-order chi connectivity index (χ1) is 13.8. The van der Waals surface area contributed by atoms with Gasteiger partial charge in [-0.15, -0.1) is 0 Å². The van der Waals surface area contributed by atoms with E-state index < -0.39 is 5.97 Å². The number of carboxylic acids is 1. The molecule has 3 aromatic rings. The number of hydrogen-bond donors (Lipinski definition) is 4. The van der Waals surface area contributed by atoms with Crippen LogP contribution in [-0.4, -0.2) is 33.3 Å². The van der Waals surface area contributed by atoms with E-state index in [4.69, 9.17) is 5.11 Å². The Kier molecular flexibility index (Phi) is 7.51. The van der Waals surface area contributed by atoms with E-state index in [9.17, 15) is 19.8 Å². The van der Waals surface area contributed by atoms with Crippen LogP contribution in [0.25, 0.3) is 11.1 Å². The van der Waals surface area contributed by atoms with Crippen molar-refractivity contribution in [2.75, 3.05) is 5.32 Å². The van der Waals surface area contributed by atoms with E-state index in [0.717, 1.165) is 0 Å². The molecule has 0 saturated heterocycles. The minimum absolute atomic E-state index is 0.0438. The molecule has 3 rings (SSSR count). The van der Waals surface area contributed by atoms with Crippen molar-refractivity contribution >= 4 is 17.6 Å². The van der Waals surface area contributed by atoms with Gasteiger partial charge in [0, 0.05) is 23.4 Å². The first-order valence-electron chi connectivity index (χ1n) is 8.99. The number of hydrogen-bond acceptors (Lipinski definition) is 4. The second-order valence-electron chi connectivity index (χ2n) is 6.49. The van der Waals surface area contributed by atoms with Gasteiger partial charge in [-0.3, -0.25) is 4.79 Å². The topological polar surface area (TPSA) is 107 Å². The normalized spacial score (nSPS) is 10.1. The van der Waals surface area contributed by atoms with Gasteiger partial charge in [-0.1, -0.05) is 42.5 Å². The third-order valence-corrected chi connectivity index (χ3v) is 3.72. The molecule has 0 heterocycles. The number of carbonyl (C=O) groups is 2. The Labute approximate surface area is 169 Å². The molecule has 0 spiro atoms. The Morgan fingerprint density at radius 1 is 0.828 bits per heavy atom. The zero-order valence-corrected chi connectivity index (χ0v) is 16.2. The van der Waals surface area contributed by atoms with Gasteiger partial charge in [-0.25, -0.2) is 4.79 Å². The van der Waals surface area contributed by atoms with Crippen LogP contribution < -0.4 is 5.32 Å². The van der Waals surface area contributed by atoms with E-state index in [0.29, 0.717) is 22.4 Å². The van der Waals surface area contributed by atoms with Crippen LogP contribution in [-0.2, 0) is 0 Å². The van der Waals surface area contributed by atoms with Gasteiger partial charge >= 0.3 is 5.97 Å². The van der Waals surface area contributed by atoms with Crippen molar-refractivity contribution in [1.82, 2.24) is 0 Å². The minimum Gasteiger partial charge on any atom is -0.508 e. The number of nitrogens with one attached hydrogen (secondary N) is 1. The Hall–Kier alpha value is -3.64. The van der Waals surface area contributed by atoms with Crippen molar-refractivity contribution in [2.45, 2.75) is 20.0 Å². The number of amides is 1. The highest BCUT2D eigenvalue weighted by Crippen LogP contribution is 2.28. The van der Waals surface area contributed by atoms with Gasteiger partial charge < -0.3 is 20.6 Å². The summed E-state index contributed by atoms with van der Waals surface area (Å²) in [5.41, 5.74) is 1.92. The molecule has 3 aromatic carbocycles. The first kappa shape index (κ1) is 21.7. The molecule has 6 nitrogen and oxygen atoms in total. The van der Waals surface area contributed by atoms with Gasteiger partial charge in [0.05, 0.1) is 5.56 Å². The molecule has 150 valence electrons. The third kappa shape index (κ3) is 6.19. The molecule has 0 aliphatic rings. The fourth-order valence-corrected chi connectivity index (χ4v) is 2.60. The van der Waals surface area contributed by atoms with E-state index in [-0.39, 0.29) is 23.3 Å². The quantitative estimate of drug-likeness (QED) is 0.526. The molecule has 0 aliphatic heterocycles. The number of aromatic carboxylic acids is 1. The van der Waals surface area contributed by atoms with Crippen LogP contribution in [0.2, 0.25) is 0 Å². The van der Waals surface area contributed by atoms with Gasteiger partial charge in [0.2, 0.25) is 0 Å². The van der Waals surface area contributed by atoms with Gasteiger partial charge in [0.1, 0.15) is 5.75 Å². The van der Waals surface area contributed by atoms with Crippen LogP contribution in [0, 0.1) is 0 Å². The van der Waals surface area contributed by atoms with E-state index in [2.05, 4.69) is 5.32 Å². The molecular formula is C23H23NO5. The fraction of sp³-hybridized carbons (Fsp3) is 0.130. The SMILES string of the molecule is CC(C)O.O=C(O)c1ccccc1-c1ccccc1C(=O)Nc1cccc(O)c1. The molecule has 0 aromatic heterocycles. The van der Waals surface area contributed by atoms with Crippen molar-refractivity contribution in [3.8, 4) is 16.9 Å². The lowest BCUT2D eigenvalue weighted by atomic mass is 9.95. The summed E-state index contributed by atoms with van der Waals surface area (Å²) in [6.07, 6.45) is -0.167. The third-order valence-electron chi connectivity index (χ3n) is 3.72. The summed E-state index contributed by atoms with van der Waals surface area (Å²) in [4.78, 5) is 24.1. The second kappa shape index (κ2) is 10.1. The fourth-order valence-electron chi connectivity index (χ4n) is 2.60. The summed E-state index contributed by atoms with van der Waals surface area (Å²) < 4.78 is 0. The molecule has 0 unspecified atom stereocenters. The summed E-state index contributed by atoms with van der Waals surface area (Å²) in [5.74, 6) is -1.40. The highest BCUT2D eigenvalue weighted by Gasteiger charge is 2.17. The van der Waals surface area contributed by atoms with Crippen LogP contribution >= 0.6 is 0 Å². The van der Waals surface area contributed by atoms with Crippen LogP contribution in [0.5, 0.6) is 5.75 Å². The molecule has 0 atom stereocenters. The lowest BCUT2D eigenvalue weighted by molar-refractivity contribution is 0.0697. The van der Waals surface area contributed by atoms with Gasteiger partial charge in [-0.2, -0.15) is 0 Å². The standard InChI is InChI=1S/C20H15NO4.C3H8O/c22-14-7-5-6-13(12-14)21-19(23)17-10-3-1-8-15(17)16-9-2-4-11-18(16)20(24)25;1-3(2)4/h1-12,22H,(H,21,23)(H,24,25);3-4H,1-2H3. The highest BCUT2D eigenvalue weighted by atomic mass is 16.4. The number of phenols is 1. The molecule has 29 heavy (non-hydrogen) atoms. The average Bonchev–Trinajstić information content (AvgIpc) is 2.67. The number of benzene rings is 3. The minimum atomic E-state index is -1.06. The summed E-state index contributed by atoms with van der Waals surface area (Å²) in [7, 11) is 0. The lowest BCUT2D eigenvalue weighted by Gasteiger charge is -2.12. The summed E-state index contributed by atoms with van der Waals surface area (Å²) >= 11 is 0. The number of carboxylic acid groups (broad SMARTS) is 1. The zero-order chi connectivity index (χ0) is 21.4. The molecule has 0 fully saturated rings. The summed E-state index contributed by atoms with van der Waals surface area (Å²) in [6, 6.07) is 19.6. The number of aromatic hydroxyl groups is 1. The zero-order valence-electron chi connectivity index (χ0n) is 16.2. The largest absolute Gasteiger partial charge is 0.508 e. The van der Waals surface area contributed by atoms with Crippen molar-refractivity contribution in [3.63, 3.8) is 0 Å². The van der Waals surface area contributed by atoms with Gasteiger partial charge in [0.25, 0.3) is 5.91 Å². The number of phenolic OH excluding ortho intramolecular Hbond substituents is 1. The molecule has 0 radical (unpaired) electrons. The monoisotopic (exact) mass is 393 g/mol. The van der Waals surface area contributed by atoms with Crippen molar-refractivity contribution in [1.29, 1.82) is 0 Å². The Balaban J connectivity index is 0.000000687. The van der Waals surface area contributed by atoms with Crippen molar-refractivity contribution in [2.24, 2.45) is 0 Å². The van der Waals surface area contributed by atoms with Crippen LogP contribution in [0.4, 0.5) is 5.69 Å². The van der Waals surface area contributed by atoms with Crippen molar-refractivity contribution in [3.05, 3.63) is 83.9 Å². The molecule has 6 heteroatoms. The Bertz CT molecular complexity index is 995. The number of anilines is 1. The smallest absolute Gasteiger partial charge is 0.336 e. The first-order valence-corrected chi connectivity index (χ1v) is 8.99. The predicted octanol–water partition coefficient (Wildman–Crippen LogP) is 4.40. The van der Waals surface area contributed by atoms with Crippen LogP contribution in [0.1, 0.15) is 34.6 Å². The molecular weight excluding hydrogens is 370 g/mol. The molecule has 0 aliphatic carbocycles. The summed E-state index contributed by atoms with van der Waals surface area (Å²) in [5, 5.41) is 29.7. The Morgan fingerprint density at radius 3 is 1.90 bits per heavy atom. The van der Waals surface area contributed by atoms with E-state index in [1.807, 2.05) is 0 Å². The van der Waals surface area contributed by atoms with E-state index >= 15 is 0 Å². The second-order valence-corrected chi connectivity index (χ2v) is 6.49. The average molecular weight is 393 g/mol. The molecule has 1 amide bonds. The maximum Gasteiger partial charge on any atom is 0.336 e. The molecule has 0 saturated carbocycles. The Morgan fingerprint density at radius 2 is 1.34 bits per heavy atom. The predicted molar refractivity (Wildman–Crippen MR) is 112 cm³/mol. The van der Waals surface area contributed by atoms with Crippen LogP contribution in [0.3, 0.4) is 0 Å². The van der Waals surface area contributed by atoms with E-state index in [1.165, 1.54) is 18.2 Å². The van der Waals surface area contributed by atoms with E-state index in [1.54, 1.807) is 68.4 Å². The van der Waals surface area contributed by atoms with Crippen LogP contribution in [0.15, 0.2) is 72.8 Å². The number of aliphatic hydroxyl groups is 1. The highest BCUT2D eigenvalue weighted by molar-refractivity contribution is 6.10. The number of carbonyl (C=O) groups excluding carboxylic acids is 1. The molecule has 0 bridgehead atoms. The number of rotatable bonds is 4. The number of aliphatic hydroxyl groups excluding tert-OH is 1. The summed E-state index contributed by atoms with van der Waals surface area (Å²) in [6.45, 7) is 3.44. The maximum atomic E-state index is 12.7. The van der Waals surface area contributed by atoms with Gasteiger partial charge in [0.15, 0.2) is 0 Å². The molecule has 4 N–H and O–H groups in total. The lowest BCUT2D eigenvalue weighted by Crippen LogP contribution is -2.13.